The van der Waals surface area contributed by atoms with E-state index in [9.17, 15) is 19.4 Å². The van der Waals surface area contributed by atoms with Gasteiger partial charge in [-0.3, -0.25) is 9.59 Å². The van der Waals surface area contributed by atoms with Crippen molar-refractivity contribution in [3.8, 4) is 6.07 Å². The van der Waals surface area contributed by atoms with Gasteiger partial charge in [0, 0.05) is 26.6 Å². The Morgan fingerprint density at radius 1 is 1.17 bits per heavy atom. The van der Waals surface area contributed by atoms with Crippen LogP contribution in [0.3, 0.4) is 0 Å². The second-order valence-corrected chi connectivity index (χ2v) is 8.89. The summed E-state index contributed by atoms with van der Waals surface area (Å²) in [5, 5.41) is 9.43. The second-order valence-electron chi connectivity index (χ2n) is 7.51. The molecule has 2 amide bonds. The number of nitriles is 1. The fourth-order valence-electron chi connectivity index (χ4n) is 3.59. The van der Waals surface area contributed by atoms with Crippen LogP contribution in [0.1, 0.15) is 23.6 Å². The molecule has 1 aliphatic rings. The average molecular weight is 422 g/mol. The van der Waals surface area contributed by atoms with Crippen LogP contribution in [0.15, 0.2) is 59.1 Å². The van der Waals surface area contributed by atoms with Gasteiger partial charge in [0.25, 0.3) is 11.8 Å². The van der Waals surface area contributed by atoms with Crippen LogP contribution < -0.4 is 0 Å². The van der Waals surface area contributed by atoms with Crippen molar-refractivity contribution in [1.29, 1.82) is 5.26 Å². The maximum atomic E-state index is 13.3. The van der Waals surface area contributed by atoms with Crippen molar-refractivity contribution in [1.82, 2.24) is 9.80 Å². The number of hydrogen-bond donors (Lipinski definition) is 0. The topological polar surface area (TPSA) is 87.5 Å². The number of likely N-dealkylation sites (N-methyl/N-ethyl adjacent to an activating group) is 2. The summed E-state index contributed by atoms with van der Waals surface area (Å²) in [6, 6.07) is 16.4. The van der Waals surface area contributed by atoms with Crippen molar-refractivity contribution in [2.45, 2.75) is 23.8 Å². The van der Waals surface area contributed by atoms with Crippen molar-refractivity contribution in [2.75, 3.05) is 20.4 Å². The third-order valence-electron chi connectivity index (χ3n) is 5.55. The summed E-state index contributed by atoms with van der Waals surface area (Å²) in [4.78, 5) is 29.9. The number of rotatable bonds is 4. The van der Waals surface area contributed by atoms with E-state index in [1.165, 1.54) is 15.9 Å². The zero-order chi connectivity index (χ0) is 22.1. The van der Waals surface area contributed by atoms with Gasteiger partial charge < -0.3 is 14.4 Å². The van der Waals surface area contributed by atoms with Crippen molar-refractivity contribution in [2.24, 2.45) is 0 Å². The zero-order valence-corrected chi connectivity index (χ0v) is 18.2. The maximum Gasteiger partial charge on any atom is 0.271 e. The Labute approximate surface area is 179 Å². The first-order valence-electron chi connectivity index (χ1n) is 9.38. The van der Waals surface area contributed by atoms with E-state index in [2.05, 4.69) is 6.07 Å². The van der Waals surface area contributed by atoms with Crippen LogP contribution in [0.2, 0.25) is 0 Å². The minimum atomic E-state index is -1.24. The largest absolute Gasteiger partial charge is 0.612 e. The molecule has 3 rings (SSSR count). The van der Waals surface area contributed by atoms with Gasteiger partial charge in [0.05, 0.1) is 11.6 Å². The van der Waals surface area contributed by atoms with E-state index in [0.29, 0.717) is 22.4 Å². The van der Waals surface area contributed by atoms with Crippen molar-refractivity contribution >= 4 is 29.1 Å². The highest BCUT2D eigenvalue weighted by molar-refractivity contribution is 7.90. The van der Waals surface area contributed by atoms with Gasteiger partial charge in [-0.1, -0.05) is 30.3 Å². The Morgan fingerprint density at radius 3 is 2.43 bits per heavy atom. The van der Waals surface area contributed by atoms with E-state index >= 15 is 0 Å². The Morgan fingerprint density at radius 2 is 1.83 bits per heavy atom. The predicted octanol–water partition coefficient (Wildman–Crippen LogP) is 2.57. The van der Waals surface area contributed by atoms with Gasteiger partial charge in [-0.2, -0.15) is 5.26 Å². The molecule has 154 valence electrons. The summed E-state index contributed by atoms with van der Waals surface area (Å²) in [7, 11) is 3.18. The highest BCUT2D eigenvalue weighted by Crippen LogP contribution is 2.31. The monoisotopic (exact) mass is 421 g/mol. The van der Waals surface area contributed by atoms with Crippen molar-refractivity contribution in [3.05, 3.63) is 70.9 Å². The summed E-state index contributed by atoms with van der Waals surface area (Å²) in [5.41, 5.74) is 0.885. The lowest BCUT2D eigenvalue weighted by molar-refractivity contribution is -0.155. The van der Waals surface area contributed by atoms with Gasteiger partial charge in [0.2, 0.25) is 0 Å². The molecule has 0 saturated carbocycles. The molecule has 1 saturated heterocycles. The number of carbonyl (C=O) groups is 2. The standard InChI is InChI=1S/C23H23N3O3S/c1-23(14-16-8-6-5-7-9-16)22(28)25(2)20(21(27)26(23)3)13-18-12-19(30(4)29)11-10-17(18)15-24/h5-13H,14H2,1-4H3. The molecule has 2 aromatic carbocycles. The van der Waals surface area contributed by atoms with Crippen LogP contribution in [0.5, 0.6) is 0 Å². The first kappa shape index (κ1) is 21.6. The second kappa shape index (κ2) is 8.34. The van der Waals surface area contributed by atoms with Gasteiger partial charge >= 0.3 is 0 Å². The lowest BCUT2D eigenvalue weighted by Gasteiger charge is -2.45. The van der Waals surface area contributed by atoms with Crippen molar-refractivity contribution in [3.63, 3.8) is 0 Å². The van der Waals surface area contributed by atoms with E-state index in [0.717, 1.165) is 5.56 Å². The van der Waals surface area contributed by atoms with Crippen LogP contribution >= 0.6 is 0 Å². The summed E-state index contributed by atoms with van der Waals surface area (Å²) in [5.74, 6) is -0.532. The molecule has 0 radical (unpaired) electrons. The van der Waals surface area contributed by atoms with E-state index in [4.69, 9.17) is 0 Å². The molecule has 0 spiro atoms. The molecule has 30 heavy (non-hydrogen) atoms. The van der Waals surface area contributed by atoms with E-state index < -0.39 is 16.7 Å². The third kappa shape index (κ3) is 3.84. The van der Waals surface area contributed by atoms with Gasteiger partial charge in [0.15, 0.2) is 4.90 Å². The predicted molar refractivity (Wildman–Crippen MR) is 116 cm³/mol. The molecule has 0 aliphatic carbocycles. The molecule has 1 aliphatic heterocycles. The van der Waals surface area contributed by atoms with Gasteiger partial charge in [-0.25, -0.2) is 0 Å². The molecule has 0 aromatic heterocycles. The Kier molecular flexibility index (Phi) is 6.01. The summed E-state index contributed by atoms with van der Waals surface area (Å²) >= 11 is -1.24. The Bertz CT molecular complexity index is 1060. The molecule has 2 aromatic rings. The van der Waals surface area contributed by atoms with E-state index in [-0.39, 0.29) is 17.5 Å². The van der Waals surface area contributed by atoms with Crippen LogP contribution in [-0.2, 0) is 27.2 Å². The number of piperazine rings is 1. The molecule has 7 heteroatoms. The minimum Gasteiger partial charge on any atom is -0.612 e. The van der Waals surface area contributed by atoms with Gasteiger partial charge in [0.1, 0.15) is 17.5 Å². The number of benzene rings is 2. The molecule has 0 N–H and O–H groups in total. The highest BCUT2D eigenvalue weighted by Gasteiger charge is 2.48. The molecule has 2 unspecified atom stereocenters. The van der Waals surface area contributed by atoms with Crippen molar-refractivity contribution < 1.29 is 14.1 Å². The zero-order valence-electron chi connectivity index (χ0n) is 17.4. The van der Waals surface area contributed by atoms with Crippen LogP contribution in [0, 0.1) is 11.3 Å². The maximum absolute atomic E-state index is 13.3. The Hall–Kier alpha value is -3.08. The molecule has 2 atom stereocenters. The summed E-state index contributed by atoms with van der Waals surface area (Å²) < 4.78 is 11.8. The first-order chi connectivity index (χ1) is 14.2. The lowest BCUT2D eigenvalue weighted by atomic mass is 9.87. The number of hydrogen-bond acceptors (Lipinski definition) is 4. The SMILES string of the molecule is CN1C(=O)C(C)(Cc2ccccc2)N(C)C(=O)C1=Cc1cc([S+](C)[O-])ccc1C#N. The molecule has 0 bridgehead atoms. The molecular weight excluding hydrogens is 398 g/mol. The summed E-state index contributed by atoms with van der Waals surface area (Å²) in [6.45, 7) is 1.76. The quantitative estimate of drug-likeness (QED) is 0.561. The van der Waals surface area contributed by atoms with E-state index in [1.807, 2.05) is 30.3 Å². The highest BCUT2D eigenvalue weighted by atomic mass is 32.2. The average Bonchev–Trinajstić information content (AvgIpc) is 2.74. The Balaban J connectivity index is 2.03. The number of nitrogens with zero attached hydrogens (tertiary/aromatic N) is 3. The molecule has 1 fully saturated rings. The van der Waals surface area contributed by atoms with Gasteiger partial charge in [-0.15, -0.1) is 0 Å². The smallest absolute Gasteiger partial charge is 0.271 e. The van der Waals surface area contributed by atoms with Crippen LogP contribution in [0.25, 0.3) is 6.08 Å². The summed E-state index contributed by atoms with van der Waals surface area (Å²) in [6.07, 6.45) is 3.45. The molecular formula is C23H23N3O3S. The lowest BCUT2D eigenvalue weighted by Crippen LogP contribution is -2.64. The van der Waals surface area contributed by atoms with Crippen LogP contribution in [-0.4, -0.2) is 52.1 Å². The fraction of sp³-hybridized carbons (Fsp3) is 0.261. The number of carbonyl (C=O) groups excluding carboxylic acids is 2. The number of amides is 2. The molecule has 6 nitrogen and oxygen atoms in total. The van der Waals surface area contributed by atoms with E-state index in [1.54, 1.807) is 45.5 Å². The van der Waals surface area contributed by atoms with Crippen LogP contribution in [0.4, 0.5) is 0 Å². The molecule has 1 heterocycles. The minimum absolute atomic E-state index is 0.170. The fourth-order valence-corrected chi connectivity index (χ4v) is 4.14. The first-order valence-corrected chi connectivity index (χ1v) is 10.9. The normalized spacial score (nSPS) is 21.7. The van der Waals surface area contributed by atoms with Gasteiger partial charge in [-0.05, 0) is 47.4 Å². The third-order valence-corrected chi connectivity index (χ3v) is 6.47.